The van der Waals surface area contributed by atoms with Crippen LogP contribution in [-0.4, -0.2) is 19.2 Å². The van der Waals surface area contributed by atoms with E-state index in [1.165, 1.54) is 71.0 Å². The summed E-state index contributed by atoms with van der Waals surface area (Å²) in [6.07, 6.45) is 3.08. The summed E-state index contributed by atoms with van der Waals surface area (Å²) in [4.78, 5) is 0. The highest BCUT2D eigenvalue weighted by atomic mass is 31.1. The van der Waals surface area contributed by atoms with Gasteiger partial charge in [-0.05, 0) is 122 Å². The molecule has 1 aliphatic carbocycles. The van der Waals surface area contributed by atoms with Gasteiger partial charge in [-0.15, -0.1) is 0 Å². The third kappa shape index (κ3) is 6.57. The average molecular weight is 725 g/mol. The number of fused-ring (bicyclic) bond motifs is 2. The summed E-state index contributed by atoms with van der Waals surface area (Å²) in [7, 11) is -1.94. The van der Waals surface area contributed by atoms with Crippen molar-refractivity contribution in [2.45, 2.75) is 67.5 Å². The maximum Gasteiger partial charge on any atom is 0.231 e. The summed E-state index contributed by atoms with van der Waals surface area (Å²) < 4.78 is 25.5. The largest absolute Gasteiger partial charge is 0.454 e. The Morgan fingerprint density at radius 2 is 0.962 bits per heavy atom. The predicted octanol–water partition coefficient (Wildman–Crippen LogP) is 9.15. The van der Waals surface area contributed by atoms with Crippen LogP contribution < -0.4 is 36.0 Å². The fourth-order valence-corrected chi connectivity index (χ4v) is 14.4. The fourth-order valence-electron chi connectivity index (χ4n) is 8.34. The minimum atomic E-state index is -1.03. The summed E-state index contributed by atoms with van der Waals surface area (Å²) in [6, 6.07) is 32.6. The van der Waals surface area contributed by atoms with E-state index in [0.717, 1.165) is 40.6 Å². The van der Waals surface area contributed by atoms with E-state index in [4.69, 9.17) is 18.9 Å². The molecule has 0 aromatic heterocycles. The van der Waals surface area contributed by atoms with Crippen LogP contribution in [0.5, 0.6) is 11.5 Å². The van der Waals surface area contributed by atoms with Gasteiger partial charge in [0.15, 0.2) is 23.0 Å². The van der Waals surface area contributed by atoms with Crippen LogP contribution in [0, 0.1) is 55.4 Å². The standard InChI is InChI=1S/C46H46O4P2/c1-27-13-28(2)18-35(17-27)51(36-19-29(3)14-30(4)20-36)41-11-9-39-45(49-25-47-39)43(41)44-42(12-10-40-46(44)50-26-48-40)52(37-21-31(5)15-32(6)22-37)38-23-33(7)16-34(8)24-38/h9-11,13-24,42H,12,25-26H2,1-8H3. The molecule has 4 nitrogen and oxygen atoms in total. The zero-order valence-corrected chi connectivity index (χ0v) is 33.2. The second-order valence-corrected chi connectivity index (χ2v) is 19.3. The molecule has 5 aromatic carbocycles. The maximum absolute atomic E-state index is 6.56. The number of benzene rings is 5. The number of rotatable bonds is 7. The molecule has 8 rings (SSSR count). The zero-order valence-electron chi connectivity index (χ0n) is 31.4. The van der Waals surface area contributed by atoms with Gasteiger partial charge in [0.2, 0.25) is 13.6 Å². The van der Waals surface area contributed by atoms with Crippen molar-refractivity contribution in [2.24, 2.45) is 0 Å². The van der Waals surface area contributed by atoms with E-state index in [2.05, 4.69) is 146 Å². The van der Waals surface area contributed by atoms with Gasteiger partial charge in [0.05, 0.1) is 0 Å². The third-order valence-electron chi connectivity index (χ3n) is 9.98. The molecule has 6 heteroatoms. The Morgan fingerprint density at radius 3 is 1.46 bits per heavy atom. The molecule has 0 radical (unpaired) electrons. The van der Waals surface area contributed by atoms with Crippen molar-refractivity contribution >= 4 is 47.9 Å². The van der Waals surface area contributed by atoms with E-state index < -0.39 is 15.8 Å². The van der Waals surface area contributed by atoms with Gasteiger partial charge in [0.1, 0.15) is 0 Å². The molecular weight excluding hydrogens is 678 g/mol. The number of ether oxygens (including phenoxy) is 4. The lowest BCUT2D eigenvalue weighted by atomic mass is 9.93. The van der Waals surface area contributed by atoms with Gasteiger partial charge >= 0.3 is 0 Å². The van der Waals surface area contributed by atoms with E-state index >= 15 is 0 Å². The molecule has 0 amide bonds. The molecule has 0 saturated carbocycles. The Labute approximate surface area is 311 Å². The lowest BCUT2D eigenvalue weighted by Gasteiger charge is -2.35. The predicted molar refractivity (Wildman–Crippen MR) is 219 cm³/mol. The van der Waals surface area contributed by atoms with E-state index in [0.29, 0.717) is 0 Å². The second kappa shape index (κ2) is 13.9. The van der Waals surface area contributed by atoms with Crippen molar-refractivity contribution in [1.29, 1.82) is 0 Å². The minimum Gasteiger partial charge on any atom is -0.454 e. The first-order valence-corrected chi connectivity index (χ1v) is 20.8. The molecule has 1 saturated heterocycles. The van der Waals surface area contributed by atoms with E-state index in [1.807, 2.05) is 0 Å². The van der Waals surface area contributed by atoms with Crippen LogP contribution in [-0.2, 0) is 9.47 Å². The third-order valence-corrected chi connectivity index (χ3v) is 15.1. The summed E-state index contributed by atoms with van der Waals surface area (Å²) in [5, 5.41) is 6.62. The highest BCUT2D eigenvalue weighted by molar-refractivity contribution is 7.80. The summed E-state index contributed by atoms with van der Waals surface area (Å²) in [6.45, 7) is 18.1. The molecule has 1 fully saturated rings. The van der Waals surface area contributed by atoms with Crippen LogP contribution in [0.15, 0.2) is 103 Å². The van der Waals surface area contributed by atoms with Crippen LogP contribution in [0.3, 0.4) is 0 Å². The Morgan fingerprint density at radius 1 is 0.500 bits per heavy atom. The molecule has 0 bridgehead atoms. The molecule has 3 aliphatic rings. The highest BCUT2D eigenvalue weighted by Crippen LogP contribution is 2.56. The van der Waals surface area contributed by atoms with Gasteiger partial charge in [-0.2, -0.15) is 0 Å². The molecule has 52 heavy (non-hydrogen) atoms. The number of hydrogen-bond acceptors (Lipinski definition) is 4. The lowest BCUT2D eigenvalue weighted by molar-refractivity contribution is 0.0981. The van der Waals surface area contributed by atoms with Crippen molar-refractivity contribution in [1.82, 2.24) is 0 Å². The Hall–Kier alpha value is -4.36. The molecule has 5 aromatic rings. The van der Waals surface area contributed by atoms with E-state index in [-0.39, 0.29) is 19.2 Å². The van der Waals surface area contributed by atoms with Gasteiger partial charge in [-0.3, -0.25) is 0 Å². The van der Waals surface area contributed by atoms with Gasteiger partial charge < -0.3 is 18.9 Å². The lowest BCUT2D eigenvalue weighted by Crippen LogP contribution is -2.30. The number of allylic oxidation sites excluding steroid dienone is 2. The van der Waals surface area contributed by atoms with Crippen molar-refractivity contribution in [2.75, 3.05) is 13.6 Å². The fraction of sp³-hybridized carbons (Fsp3) is 0.261. The van der Waals surface area contributed by atoms with Crippen LogP contribution in [0.25, 0.3) is 5.57 Å². The quantitative estimate of drug-likeness (QED) is 0.157. The molecule has 1 unspecified atom stereocenters. The molecule has 0 spiro atoms. The van der Waals surface area contributed by atoms with Crippen LogP contribution >= 0.6 is 15.8 Å². The Bertz CT molecular complexity index is 2120. The van der Waals surface area contributed by atoms with Gasteiger partial charge in [-0.25, -0.2) is 0 Å². The molecule has 264 valence electrons. The van der Waals surface area contributed by atoms with Crippen molar-refractivity contribution in [3.63, 3.8) is 0 Å². The average Bonchev–Trinajstić information content (AvgIpc) is 3.74. The highest BCUT2D eigenvalue weighted by Gasteiger charge is 2.42. The first kappa shape index (κ1) is 34.7. The first-order valence-electron chi connectivity index (χ1n) is 18.1. The topological polar surface area (TPSA) is 36.9 Å². The minimum absolute atomic E-state index is 0.0858. The normalized spacial score (nSPS) is 16.3. The van der Waals surface area contributed by atoms with Crippen molar-refractivity contribution in [3.05, 3.63) is 153 Å². The summed E-state index contributed by atoms with van der Waals surface area (Å²) in [5.74, 6) is 3.24. The molecule has 1 atom stereocenters. The number of hydrogen-bond donors (Lipinski definition) is 0. The summed E-state index contributed by atoms with van der Waals surface area (Å²) >= 11 is 0. The van der Waals surface area contributed by atoms with Gasteiger partial charge in [-0.1, -0.05) is 117 Å². The van der Waals surface area contributed by atoms with Crippen LogP contribution in [0.1, 0.15) is 56.5 Å². The Balaban J connectivity index is 1.45. The number of aryl methyl sites for hydroxylation is 8. The van der Waals surface area contributed by atoms with Crippen LogP contribution in [0.2, 0.25) is 0 Å². The van der Waals surface area contributed by atoms with E-state index in [9.17, 15) is 0 Å². The summed E-state index contributed by atoms with van der Waals surface area (Å²) in [5.41, 5.74) is 12.5. The maximum atomic E-state index is 6.56. The van der Waals surface area contributed by atoms with Crippen molar-refractivity contribution in [3.8, 4) is 11.5 Å². The smallest absolute Gasteiger partial charge is 0.231 e. The SMILES string of the molecule is Cc1cc(C)cc(P(c2cc(C)cc(C)c2)c2ccc3c(c2C2=C4OCOC4=CCC2P(c2cc(C)cc(C)c2)c2cc(C)cc(C)c2)OCO3)c1. The Kier molecular flexibility index (Phi) is 9.27. The second-order valence-electron chi connectivity index (χ2n) is 14.8. The molecular formula is C46H46O4P2. The van der Waals surface area contributed by atoms with Gasteiger partial charge in [0, 0.05) is 16.8 Å². The van der Waals surface area contributed by atoms with E-state index in [1.54, 1.807) is 0 Å². The van der Waals surface area contributed by atoms with Crippen molar-refractivity contribution < 1.29 is 18.9 Å². The monoisotopic (exact) mass is 724 g/mol. The zero-order chi connectivity index (χ0) is 36.3. The van der Waals surface area contributed by atoms with Crippen LogP contribution in [0.4, 0.5) is 0 Å². The first-order chi connectivity index (χ1) is 25.0. The molecule has 2 heterocycles. The molecule has 2 aliphatic heterocycles. The van der Waals surface area contributed by atoms with Gasteiger partial charge in [0.25, 0.3) is 0 Å². The molecule has 0 N–H and O–H groups in total.